The van der Waals surface area contributed by atoms with E-state index in [0.29, 0.717) is 12.3 Å². The SMILES string of the molecule is Cc1nn(-c2ccccc2)c(C)c1CCC(=O)N1CCCC(c2nc3ccccc3s2)C1. The summed E-state index contributed by atoms with van der Waals surface area (Å²) in [5.74, 6) is 0.580. The number of aromatic nitrogens is 3. The van der Waals surface area contributed by atoms with Crippen LogP contribution in [-0.2, 0) is 11.2 Å². The topological polar surface area (TPSA) is 51.0 Å². The summed E-state index contributed by atoms with van der Waals surface area (Å²) >= 11 is 1.77. The fourth-order valence-corrected chi connectivity index (χ4v) is 5.81. The number of fused-ring (bicyclic) bond motifs is 1. The van der Waals surface area contributed by atoms with Crippen LogP contribution in [0.1, 0.15) is 47.1 Å². The highest BCUT2D eigenvalue weighted by Gasteiger charge is 2.27. The van der Waals surface area contributed by atoms with Crippen molar-refractivity contribution in [2.45, 2.75) is 45.4 Å². The molecule has 5 rings (SSSR count). The van der Waals surface area contributed by atoms with Crippen LogP contribution >= 0.6 is 11.3 Å². The number of amides is 1. The largest absolute Gasteiger partial charge is 0.342 e. The van der Waals surface area contributed by atoms with E-state index in [-0.39, 0.29) is 5.91 Å². The molecule has 164 valence electrons. The number of rotatable bonds is 5. The molecule has 1 aliphatic rings. The van der Waals surface area contributed by atoms with Crippen LogP contribution in [0.2, 0.25) is 0 Å². The van der Waals surface area contributed by atoms with E-state index in [0.717, 1.165) is 54.9 Å². The maximum absolute atomic E-state index is 13.1. The van der Waals surface area contributed by atoms with Gasteiger partial charge in [0, 0.05) is 31.1 Å². The summed E-state index contributed by atoms with van der Waals surface area (Å²) in [6.07, 6.45) is 3.39. The fraction of sp³-hybridized carbons (Fsp3) is 0.346. The van der Waals surface area contributed by atoms with Crippen LogP contribution in [0, 0.1) is 13.8 Å². The third kappa shape index (κ3) is 4.07. The van der Waals surface area contributed by atoms with E-state index in [4.69, 9.17) is 10.1 Å². The van der Waals surface area contributed by atoms with Crippen LogP contribution < -0.4 is 0 Å². The molecule has 0 bridgehead atoms. The second kappa shape index (κ2) is 8.87. The van der Waals surface area contributed by atoms with Gasteiger partial charge in [0.1, 0.15) is 0 Å². The number of carbonyl (C=O) groups is 1. The highest BCUT2D eigenvalue weighted by Crippen LogP contribution is 2.33. The van der Waals surface area contributed by atoms with Crippen molar-refractivity contribution in [1.82, 2.24) is 19.7 Å². The molecule has 0 spiro atoms. The van der Waals surface area contributed by atoms with Gasteiger partial charge in [0.15, 0.2) is 0 Å². The van der Waals surface area contributed by atoms with Crippen molar-refractivity contribution >= 4 is 27.5 Å². The monoisotopic (exact) mass is 444 g/mol. The Balaban J connectivity index is 1.26. The number of aryl methyl sites for hydroxylation is 1. The van der Waals surface area contributed by atoms with E-state index in [9.17, 15) is 4.79 Å². The van der Waals surface area contributed by atoms with Gasteiger partial charge in [-0.05, 0) is 62.9 Å². The molecule has 0 aliphatic carbocycles. The molecule has 0 saturated carbocycles. The summed E-state index contributed by atoms with van der Waals surface area (Å²) < 4.78 is 3.21. The summed E-state index contributed by atoms with van der Waals surface area (Å²) in [5.41, 5.74) is 5.43. The molecule has 0 radical (unpaired) electrons. The van der Waals surface area contributed by atoms with Crippen molar-refractivity contribution in [2.24, 2.45) is 0 Å². The molecule has 1 saturated heterocycles. The Morgan fingerprint density at radius 2 is 1.88 bits per heavy atom. The lowest BCUT2D eigenvalue weighted by molar-refractivity contribution is -0.132. The number of hydrogen-bond acceptors (Lipinski definition) is 4. The summed E-state index contributed by atoms with van der Waals surface area (Å²) in [6.45, 7) is 5.76. The first-order valence-corrected chi connectivity index (χ1v) is 12.2. The van der Waals surface area contributed by atoms with Gasteiger partial charge in [0.25, 0.3) is 0 Å². The number of hydrogen-bond donors (Lipinski definition) is 0. The van der Waals surface area contributed by atoms with Crippen molar-refractivity contribution in [1.29, 1.82) is 0 Å². The van der Waals surface area contributed by atoms with Gasteiger partial charge in [-0.1, -0.05) is 30.3 Å². The van der Waals surface area contributed by atoms with Crippen molar-refractivity contribution in [3.05, 3.63) is 76.6 Å². The summed E-state index contributed by atoms with van der Waals surface area (Å²) in [5, 5.41) is 5.89. The van der Waals surface area contributed by atoms with Gasteiger partial charge in [-0.15, -0.1) is 11.3 Å². The van der Waals surface area contributed by atoms with Crippen LogP contribution in [0.4, 0.5) is 0 Å². The minimum Gasteiger partial charge on any atom is -0.342 e. The molecule has 1 unspecified atom stereocenters. The fourth-order valence-electron chi connectivity index (χ4n) is 4.72. The Hall–Kier alpha value is -2.99. The third-order valence-electron chi connectivity index (χ3n) is 6.46. The second-order valence-corrected chi connectivity index (χ2v) is 9.66. The van der Waals surface area contributed by atoms with Gasteiger partial charge in [-0.25, -0.2) is 9.67 Å². The molecule has 1 atom stereocenters. The molecule has 4 aromatic rings. The molecule has 32 heavy (non-hydrogen) atoms. The van der Waals surface area contributed by atoms with E-state index in [1.54, 1.807) is 11.3 Å². The number of piperidine rings is 1. The number of thiazole rings is 1. The van der Waals surface area contributed by atoms with E-state index >= 15 is 0 Å². The maximum atomic E-state index is 13.1. The van der Waals surface area contributed by atoms with Crippen LogP contribution in [0.15, 0.2) is 54.6 Å². The summed E-state index contributed by atoms with van der Waals surface area (Å²) in [4.78, 5) is 20.0. The first-order valence-electron chi connectivity index (χ1n) is 11.3. The van der Waals surface area contributed by atoms with Crippen LogP contribution in [0.5, 0.6) is 0 Å². The lowest BCUT2D eigenvalue weighted by atomic mass is 9.98. The van der Waals surface area contributed by atoms with Gasteiger partial charge < -0.3 is 4.90 Å². The standard InChI is InChI=1S/C26H28N4OS/c1-18-22(19(2)30(28-18)21-10-4-3-5-11-21)14-15-25(31)29-16-8-9-20(17-29)26-27-23-12-6-7-13-24(23)32-26/h3-7,10-13,20H,8-9,14-17H2,1-2H3. The predicted octanol–water partition coefficient (Wildman–Crippen LogP) is 5.44. The second-order valence-electron chi connectivity index (χ2n) is 8.60. The summed E-state index contributed by atoms with van der Waals surface area (Å²) in [7, 11) is 0. The number of carbonyl (C=O) groups excluding carboxylic acids is 1. The van der Waals surface area contributed by atoms with Gasteiger partial charge in [-0.2, -0.15) is 5.10 Å². The lowest BCUT2D eigenvalue weighted by Gasteiger charge is -2.32. The van der Waals surface area contributed by atoms with E-state index in [2.05, 4.69) is 37.3 Å². The lowest BCUT2D eigenvalue weighted by Crippen LogP contribution is -2.39. The zero-order valence-electron chi connectivity index (χ0n) is 18.6. The van der Waals surface area contributed by atoms with Gasteiger partial charge in [-0.3, -0.25) is 4.79 Å². The van der Waals surface area contributed by atoms with E-state index in [1.165, 1.54) is 15.3 Å². The number of likely N-dealkylation sites (tertiary alicyclic amines) is 1. The number of benzene rings is 2. The smallest absolute Gasteiger partial charge is 0.222 e. The molecular weight excluding hydrogens is 416 g/mol. The molecule has 6 heteroatoms. The van der Waals surface area contributed by atoms with E-state index < -0.39 is 0 Å². The summed E-state index contributed by atoms with van der Waals surface area (Å²) in [6, 6.07) is 18.5. The zero-order chi connectivity index (χ0) is 22.1. The van der Waals surface area contributed by atoms with Gasteiger partial charge >= 0.3 is 0 Å². The van der Waals surface area contributed by atoms with Crippen LogP contribution in [0.25, 0.3) is 15.9 Å². The molecule has 5 nitrogen and oxygen atoms in total. The Kier molecular flexibility index (Phi) is 5.79. The minimum atomic E-state index is 0.238. The molecule has 2 aromatic heterocycles. The van der Waals surface area contributed by atoms with Crippen molar-refractivity contribution in [3.63, 3.8) is 0 Å². The van der Waals surface area contributed by atoms with Gasteiger partial charge in [0.2, 0.25) is 5.91 Å². The normalized spacial score (nSPS) is 16.6. The highest BCUT2D eigenvalue weighted by molar-refractivity contribution is 7.18. The highest BCUT2D eigenvalue weighted by atomic mass is 32.1. The first kappa shape index (κ1) is 20.9. The molecule has 0 N–H and O–H groups in total. The minimum absolute atomic E-state index is 0.238. The van der Waals surface area contributed by atoms with E-state index in [1.807, 2.05) is 40.8 Å². The zero-order valence-corrected chi connectivity index (χ0v) is 19.4. The van der Waals surface area contributed by atoms with Gasteiger partial charge in [0.05, 0.1) is 26.6 Å². The first-order chi connectivity index (χ1) is 15.6. The maximum Gasteiger partial charge on any atom is 0.222 e. The number of para-hydroxylation sites is 2. The molecular formula is C26H28N4OS. The average molecular weight is 445 g/mol. The predicted molar refractivity (Wildman–Crippen MR) is 130 cm³/mol. The Morgan fingerprint density at radius 1 is 1.09 bits per heavy atom. The van der Waals surface area contributed by atoms with Crippen molar-refractivity contribution in [2.75, 3.05) is 13.1 Å². The Morgan fingerprint density at radius 3 is 2.69 bits per heavy atom. The average Bonchev–Trinajstić information content (AvgIpc) is 3.39. The number of nitrogens with zero attached hydrogens (tertiary/aromatic N) is 4. The molecule has 3 heterocycles. The van der Waals surface area contributed by atoms with Crippen LogP contribution in [-0.4, -0.2) is 38.7 Å². The Labute approximate surface area is 192 Å². The third-order valence-corrected chi connectivity index (χ3v) is 7.66. The van der Waals surface area contributed by atoms with Crippen LogP contribution in [0.3, 0.4) is 0 Å². The molecule has 1 fully saturated rings. The molecule has 1 amide bonds. The Bertz CT molecular complexity index is 1210. The quantitative estimate of drug-likeness (QED) is 0.412. The van der Waals surface area contributed by atoms with Crippen molar-refractivity contribution in [3.8, 4) is 5.69 Å². The molecule has 2 aromatic carbocycles. The molecule has 1 aliphatic heterocycles. The van der Waals surface area contributed by atoms with Crippen molar-refractivity contribution < 1.29 is 4.79 Å².